The molecule has 2 aromatic carbocycles. The first-order chi connectivity index (χ1) is 19.5. The number of nitrogens with one attached hydrogen (secondary N) is 2. The van der Waals surface area contributed by atoms with E-state index in [0.29, 0.717) is 28.6 Å². The Hall–Kier alpha value is -4.18. The molecule has 5 rings (SSSR count). The van der Waals surface area contributed by atoms with Gasteiger partial charge in [0.2, 0.25) is 5.91 Å². The number of benzene rings is 2. The SMILES string of the molecule is CCC(=O)Nc1ccc(N2C(=S)N[C@@H](c3ccccn3)[C@H]2c2cc(C)n(-c3ccccc3C(F)(F)F)c2C)cc1C. The van der Waals surface area contributed by atoms with Crippen LogP contribution in [0.4, 0.5) is 24.5 Å². The first kappa shape index (κ1) is 28.4. The molecule has 2 atom stereocenters. The molecule has 3 heterocycles. The number of pyridine rings is 1. The Kier molecular flexibility index (Phi) is 7.61. The van der Waals surface area contributed by atoms with E-state index < -0.39 is 17.8 Å². The van der Waals surface area contributed by atoms with E-state index in [1.807, 2.05) is 61.2 Å². The van der Waals surface area contributed by atoms with Crippen molar-refractivity contribution in [1.29, 1.82) is 0 Å². The number of thiocarbonyl (C=S) groups is 1. The molecule has 1 amide bonds. The minimum atomic E-state index is -4.51. The molecule has 1 fully saturated rings. The number of hydrogen-bond donors (Lipinski definition) is 2. The lowest BCUT2D eigenvalue weighted by Crippen LogP contribution is -2.29. The van der Waals surface area contributed by atoms with Crippen molar-refractivity contribution in [3.05, 3.63) is 107 Å². The maximum atomic E-state index is 14.0. The molecule has 6 nitrogen and oxygen atoms in total. The third-order valence-electron chi connectivity index (χ3n) is 7.42. The zero-order chi connectivity index (χ0) is 29.5. The number of nitrogens with zero attached hydrogens (tertiary/aromatic N) is 3. The van der Waals surface area contributed by atoms with Crippen LogP contribution in [0.5, 0.6) is 0 Å². The van der Waals surface area contributed by atoms with Crippen molar-refractivity contribution in [3.63, 3.8) is 0 Å². The Balaban J connectivity index is 1.66. The number of halogens is 3. The summed E-state index contributed by atoms with van der Waals surface area (Å²) >= 11 is 5.85. The first-order valence-electron chi connectivity index (χ1n) is 13.3. The zero-order valence-electron chi connectivity index (χ0n) is 23.1. The van der Waals surface area contributed by atoms with Gasteiger partial charge in [0.25, 0.3) is 0 Å². The molecule has 0 radical (unpaired) electrons. The van der Waals surface area contributed by atoms with Crippen molar-refractivity contribution in [2.75, 3.05) is 10.2 Å². The maximum Gasteiger partial charge on any atom is 0.418 e. The Morgan fingerprint density at radius 1 is 1.05 bits per heavy atom. The fourth-order valence-corrected chi connectivity index (χ4v) is 5.84. The minimum absolute atomic E-state index is 0.0718. The van der Waals surface area contributed by atoms with Crippen LogP contribution in [0.15, 0.2) is 72.9 Å². The van der Waals surface area contributed by atoms with E-state index in [4.69, 9.17) is 12.2 Å². The highest BCUT2D eigenvalue weighted by molar-refractivity contribution is 7.80. The molecule has 1 aliphatic heterocycles. The highest BCUT2D eigenvalue weighted by Crippen LogP contribution is 2.45. The standard InChI is InChI=1S/C31H30F3N5OS/c1-5-27(40)36-24-14-13-21(16-18(24)2)39-29(28(37-30(39)41)25-11-8-9-15-35-25)22-17-19(3)38(20(22)4)26-12-7-6-10-23(26)31(32,33)34/h6-17,28-29H,5H2,1-4H3,(H,36,40)(H,37,41)/t28-,29+/m0/s1. The number of aromatic nitrogens is 2. The van der Waals surface area contributed by atoms with Crippen LogP contribution in [0.3, 0.4) is 0 Å². The summed E-state index contributed by atoms with van der Waals surface area (Å²) in [6.07, 6.45) is -2.44. The molecule has 10 heteroatoms. The third kappa shape index (κ3) is 5.31. The number of rotatable bonds is 6. The molecule has 1 aliphatic rings. The number of carbonyl (C=O) groups is 1. The second-order valence-electron chi connectivity index (χ2n) is 10.1. The van der Waals surface area contributed by atoms with Gasteiger partial charge in [0.05, 0.1) is 29.0 Å². The predicted molar refractivity (Wildman–Crippen MR) is 158 cm³/mol. The molecule has 0 aliphatic carbocycles. The number of para-hydroxylation sites is 1. The van der Waals surface area contributed by atoms with E-state index in [1.54, 1.807) is 30.7 Å². The third-order valence-corrected chi connectivity index (χ3v) is 7.74. The van der Waals surface area contributed by atoms with Gasteiger partial charge in [-0.15, -0.1) is 0 Å². The van der Waals surface area contributed by atoms with Gasteiger partial charge in [0.1, 0.15) is 0 Å². The summed E-state index contributed by atoms with van der Waals surface area (Å²) in [4.78, 5) is 18.6. The second kappa shape index (κ2) is 11.0. The van der Waals surface area contributed by atoms with E-state index >= 15 is 0 Å². The molecular formula is C31H30F3N5OS. The molecule has 2 N–H and O–H groups in total. The summed E-state index contributed by atoms with van der Waals surface area (Å²) < 4.78 is 43.7. The molecule has 0 unspecified atom stereocenters. The number of carbonyl (C=O) groups excluding carboxylic acids is 1. The van der Waals surface area contributed by atoms with Crippen LogP contribution in [-0.4, -0.2) is 20.6 Å². The fourth-order valence-electron chi connectivity index (χ4n) is 5.49. The van der Waals surface area contributed by atoms with Crippen LogP contribution in [0, 0.1) is 20.8 Å². The summed E-state index contributed by atoms with van der Waals surface area (Å²) in [5, 5.41) is 6.79. The van der Waals surface area contributed by atoms with E-state index in [2.05, 4.69) is 15.6 Å². The lowest BCUT2D eigenvalue weighted by molar-refractivity contribution is -0.137. The van der Waals surface area contributed by atoms with Crippen LogP contribution in [-0.2, 0) is 11.0 Å². The van der Waals surface area contributed by atoms with Crippen molar-refractivity contribution in [1.82, 2.24) is 14.9 Å². The quantitative estimate of drug-likeness (QED) is 0.235. The monoisotopic (exact) mass is 577 g/mol. The number of hydrogen-bond acceptors (Lipinski definition) is 3. The van der Waals surface area contributed by atoms with Gasteiger partial charge in [-0.2, -0.15) is 13.2 Å². The smallest absolute Gasteiger partial charge is 0.351 e. The summed E-state index contributed by atoms with van der Waals surface area (Å²) in [7, 11) is 0. The maximum absolute atomic E-state index is 14.0. The van der Waals surface area contributed by atoms with Crippen LogP contribution >= 0.6 is 12.2 Å². The Bertz CT molecular complexity index is 1620. The van der Waals surface area contributed by atoms with Gasteiger partial charge < -0.3 is 20.1 Å². The number of amides is 1. The van der Waals surface area contributed by atoms with Gasteiger partial charge in [-0.05, 0) is 92.6 Å². The number of anilines is 2. The predicted octanol–water partition coefficient (Wildman–Crippen LogP) is 7.34. The van der Waals surface area contributed by atoms with Crippen molar-refractivity contribution in [3.8, 4) is 5.69 Å². The molecule has 41 heavy (non-hydrogen) atoms. The molecule has 1 saturated heterocycles. The van der Waals surface area contributed by atoms with Gasteiger partial charge in [0.15, 0.2) is 5.11 Å². The molecule has 4 aromatic rings. The van der Waals surface area contributed by atoms with Crippen molar-refractivity contribution < 1.29 is 18.0 Å². The molecule has 0 bridgehead atoms. The van der Waals surface area contributed by atoms with Gasteiger partial charge >= 0.3 is 6.18 Å². The minimum Gasteiger partial charge on any atom is -0.351 e. The molecular weight excluding hydrogens is 547 g/mol. The fraction of sp³-hybridized carbons (Fsp3) is 0.258. The van der Waals surface area contributed by atoms with Gasteiger partial charge in [-0.3, -0.25) is 9.78 Å². The lowest BCUT2D eigenvalue weighted by Gasteiger charge is -2.29. The average Bonchev–Trinajstić information content (AvgIpc) is 3.44. The first-order valence-corrected chi connectivity index (χ1v) is 13.7. The summed E-state index contributed by atoms with van der Waals surface area (Å²) in [6, 6.07) is 18.1. The topological polar surface area (TPSA) is 62.2 Å². The van der Waals surface area contributed by atoms with E-state index in [-0.39, 0.29) is 17.6 Å². The van der Waals surface area contributed by atoms with Crippen molar-refractivity contribution in [2.24, 2.45) is 0 Å². The summed E-state index contributed by atoms with van der Waals surface area (Å²) in [5.74, 6) is -0.0844. The van der Waals surface area contributed by atoms with Crippen LogP contribution in [0.1, 0.15) is 59.2 Å². The van der Waals surface area contributed by atoms with E-state index in [0.717, 1.165) is 28.6 Å². The largest absolute Gasteiger partial charge is 0.418 e. The average molecular weight is 578 g/mol. The normalized spacial score (nSPS) is 17.0. The highest BCUT2D eigenvalue weighted by Gasteiger charge is 2.43. The Morgan fingerprint density at radius 3 is 2.44 bits per heavy atom. The zero-order valence-corrected chi connectivity index (χ0v) is 23.9. The molecule has 0 spiro atoms. The van der Waals surface area contributed by atoms with Gasteiger partial charge in [0, 0.05) is 35.4 Å². The lowest BCUT2D eigenvalue weighted by atomic mass is 9.96. The van der Waals surface area contributed by atoms with Crippen LogP contribution < -0.4 is 15.5 Å². The molecule has 2 aromatic heterocycles. The molecule has 0 saturated carbocycles. The number of aryl methyl sites for hydroxylation is 2. The highest BCUT2D eigenvalue weighted by atomic mass is 32.1. The molecule has 212 valence electrons. The van der Waals surface area contributed by atoms with Gasteiger partial charge in [-0.1, -0.05) is 25.1 Å². The van der Waals surface area contributed by atoms with E-state index in [9.17, 15) is 18.0 Å². The van der Waals surface area contributed by atoms with Crippen molar-refractivity contribution in [2.45, 2.75) is 52.4 Å². The van der Waals surface area contributed by atoms with Crippen molar-refractivity contribution >= 4 is 34.6 Å². The number of alkyl halides is 3. The van der Waals surface area contributed by atoms with E-state index in [1.165, 1.54) is 12.1 Å². The second-order valence-corrected chi connectivity index (χ2v) is 10.5. The Morgan fingerprint density at radius 2 is 1.78 bits per heavy atom. The summed E-state index contributed by atoms with van der Waals surface area (Å²) in [5.41, 5.74) is 4.64. The summed E-state index contributed by atoms with van der Waals surface area (Å²) in [6.45, 7) is 7.34. The van der Waals surface area contributed by atoms with Crippen LogP contribution in [0.25, 0.3) is 5.69 Å². The Labute approximate surface area is 242 Å². The van der Waals surface area contributed by atoms with Gasteiger partial charge in [-0.25, -0.2) is 0 Å². The van der Waals surface area contributed by atoms with Crippen LogP contribution in [0.2, 0.25) is 0 Å².